The molecule has 1 aromatic rings. The average Bonchev–Trinajstić information content (AvgIpc) is 2.14. The van der Waals surface area contributed by atoms with Gasteiger partial charge < -0.3 is 4.90 Å². The second kappa shape index (κ2) is 5.03. The fourth-order valence-corrected chi connectivity index (χ4v) is 1.40. The molecule has 0 aliphatic rings. The molecule has 0 atom stereocenters. The molecule has 1 aromatic carbocycles. The summed E-state index contributed by atoms with van der Waals surface area (Å²) in [5.41, 5.74) is 1.33. The summed E-state index contributed by atoms with van der Waals surface area (Å²) >= 11 is 0. The monoisotopic (exact) mass is 209 g/mol. The van der Waals surface area contributed by atoms with Gasteiger partial charge in [0.1, 0.15) is 5.82 Å². The SMILES string of the molecule is Cc1cc(F)ccc1C(=O)CCN(C)C. The van der Waals surface area contributed by atoms with Gasteiger partial charge in [0.15, 0.2) is 5.78 Å². The van der Waals surface area contributed by atoms with Crippen molar-refractivity contribution in [2.45, 2.75) is 13.3 Å². The summed E-state index contributed by atoms with van der Waals surface area (Å²) in [6.07, 6.45) is 0.472. The fraction of sp³-hybridized carbons (Fsp3) is 0.417. The van der Waals surface area contributed by atoms with E-state index in [0.717, 1.165) is 6.54 Å². The Hall–Kier alpha value is -1.22. The molecule has 0 bridgehead atoms. The van der Waals surface area contributed by atoms with Crippen LogP contribution in [-0.4, -0.2) is 31.3 Å². The Morgan fingerprint density at radius 1 is 1.40 bits per heavy atom. The van der Waals surface area contributed by atoms with E-state index in [4.69, 9.17) is 0 Å². The molecule has 1 rings (SSSR count). The lowest BCUT2D eigenvalue weighted by molar-refractivity contribution is 0.0972. The number of carbonyl (C=O) groups is 1. The predicted molar refractivity (Wildman–Crippen MR) is 58.6 cm³/mol. The molecule has 15 heavy (non-hydrogen) atoms. The molecule has 0 aromatic heterocycles. The van der Waals surface area contributed by atoms with Gasteiger partial charge in [-0.05, 0) is 44.8 Å². The first kappa shape index (κ1) is 11.9. The molecule has 82 valence electrons. The van der Waals surface area contributed by atoms with E-state index in [9.17, 15) is 9.18 Å². The van der Waals surface area contributed by atoms with Crippen LogP contribution in [0.3, 0.4) is 0 Å². The Morgan fingerprint density at radius 2 is 2.07 bits per heavy atom. The molecule has 0 unspecified atom stereocenters. The first-order chi connectivity index (χ1) is 7.00. The van der Waals surface area contributed by atoms with Crippen LogP contribution in [0.25, 0.3) is 0 Å². The van der Waals surface area contributed by atoms with Crippen molar-refractivity contribution in [2.24, 2.45) is 0 Å². The number of rotatable bonds is 4. The van der Waals surface area contributed by atoms with Gasteiger partial charge in [-0.3, -0.25) is 4.79 Å². The molecule has 0 aliphatic heterocycles. The predicted octanol–water partition coefficient (Wildman–Crippen LogP) is 2.27. The summed E-state index contributed by atoms with van der Waals surface area (Å²) in [6, 6.07) is 4.28. The highest BCUT2D eigenvalue weighted by Gasteiger charge is 2.09. The number of benzene rings is 1. The molecule has 0 aliphatic carbocycles. The summed E-state index contributed by atoms with van der Waals surface area (Å²) in [5, 5.41) is 0. The van der Waals surface area contributed by atoms with Gasteiger partial charge in [-0.1, -0.05) is 0 Å². The number of aryl methyl sites for hydroxylation is 1. The minimum absolute atomic E-state index is 0.0706. The molecule has 3 heteroatoms. The molecule has 0 heterocycles. The number of nitrogens with zero attached hydrogens (tertiary/aromatic N) is 1. The maximum absolute atomic E-state index is 12.8. The molecule has 2 nitrogen and oxygen atoms in total. The summed E-state index contributed by atoms with van der Waals surface area (Å²) in [5.74, 6) is -0.224. The van der Waals surface area contributed by atoms with Gasteiger partial charge in [0, 0.05) is 18.5 Å². The zero-order chi connectivity index (χ0) is 11.4. The Balaban J connectivity index is 2.74. The maximum atomic E-state index is 12.8. The van der Waals surface area contributed by atoms with Crippen molar-refractivity contribution >= 4 is 5.78 Å². The van der Waals surface area contributed by atoms with Crippen LogP contribution in [0.2, 0.25) is 0 Å². The third-order valence-electron chi connectivity index (χ3n) is 2.27. The molecule has 0 radical (unpaired) electrons. The van der Waals surface area contributed by atoms with Crippen LogP contribution in [-0.2, 0) is 0 Å². The summed E-state index contributed by atoms with van der Waals surface area (Å²) in [4.78, 5) is 13.7. The number of hydrogen-bond acceptors (Lipinski definition) is 2. The van der Waals surface area contributed by atoms with E-state index in [1.165, 1.54) is 12.1 Å². The van der Waals surface area contributed by atoms with Gasteiger partial charge in [-0.15, -0.1) is 0 Å². The summed E-state index contributed by atoms with van der Waals surface area (Å²) < 4.78 is 12.8. The van der Waals surface area contributed by atoms with E-state index < -0.39 is 0 Å². The molecular weight excluding hydrogens is 193 g/mol. The Morgan fingerprint density at radius 3 is 2.60 bits per heavy atom. The first-order valence-electron chi connectivity index (χ1n) is 4.95. The van der Waals surface area contributed by atoms with Gasteiger partial charge in [-0.2, -0.15) is 0 Å². The number of hydrogen-bond donors (Lipinski definition) is 0. The zero-order valence-electron chi connectivity index (χ0n) is 9.38. The second-order valence-corrected chi connectivity index (χ2v) is 3.94. The van der Waals surface area contributed by atoms with Crippen LogP contribution in [0.5, 0.6) is 0 Å². The van der Waals surface area contributed by atoms with Crippen molar-refractivity contribution in [3.63, 3.8) is 0 Å². The smallest absolute Gasteiger partial charge is 0.164 e. The molecule has 0 spiro atoms. The fourth-order valence-electron chi connectivity index (χ4n) is 1.40. The Bertz CT molecular complexity index is 361. The highest BCUT2D eigenvalue weighted by Crippen LogP contribution is 2.12. The van der Waals surface area contributed by atoms with E-state index in [0.29, 0.717) is 17.5 Å². The number of Topliss-reactive ketones (excluding diaryl/α,β-unsaturated/α-hetero) is 1. The lowest BCUT2D eigenvalue weighted by atomic mass is 10.0. The summed E-state index contributed by atoms with van der Waals surface area (Å²) in [6.45, 7) is 2.47. The van der Waals surface area contributed by atoms with Gasteiger partial charge in [0.25, 0.3) is 0 Å². The van der Waals surface area contributed by atoms with Crippen LogP contribution >= 0.6 is 0 Å². The van der Waals surface area contributed by atoms with Crippen LogP contribution in [0, 0.1) is 12.7 Å². The van der Waals surface area contributed by atoms with Gasteiger partial charge in [-0.25, -0.2) is 4.39 Å². The lowest BCUT2D eigenvalue weighted by Crippen LogP contribution is -2.17. The normalized spacial score (nSPS) is 10.7. The first-order valence-corrected chi connectivity index (χ1v) is 4.95. The molecule has 0 N–H and O–H groups in total. The lowest BCUT2D eigenvalue weighted by Gasteiger charge is -2.09. The molecular formula is C12H16FNO. The van der Waals surface area contributed by atoms with Gasteiger partial charge in [0.2, 0.25) is 0 Å². The zero-order valence-corrected chi connectivity index (χ0v) is 9.38. The Labute approximate surface area is 89.7 Å². The van der Waals surface area contributed by atoms with E-state index in [1.807, 2.05) is 19.0 Å². The van der Waals surface area contributed by atoms with Crippen molar-refractivity contribution in [1.29, 1.82) is 0 Å². The second-order valence-electron chi connectivity index (χ2n) is 3.94. The third-order valence-corrected chi connectivity index (χ3v) is 2.27. The largest absolute Gasteiger partial charge is 0.309 e. The molecule has 0 saturated heterocycles. The van der Waals surface area contributed by atoms with E-state index in [-0.39, 0.29) is 11.6 Å². The highest BCUT2D eigenvalue weighted by atomic mass is 19.1. The van der Waals surface area contributed by atoms with Crippen molar-refractivity contribution < 1.29 is 9.18 Å². The molecule has 0 saturated carbocycles. The topological polar surface area (TPSA) is 20.3 Å². The van der Waals surface area contributed by atoms with Crippen LogP contribution < -0.4 is 0 Å². The van der Waals surface area contributed by atoms with E-state index in [2.05, 4.69) is 0 Å². The molecule has 0 amide bonds. The number of ketones is 1. The minimum Gasteiger partial charge on any atom is -0.309 e. The van der Waals surface area contributed by atoms with Crippen LogP contribution in [0.1, 0.15) is 22.3 Å². The number of carbonyl (C=O) groups excluding carboxylic acids is 1. The quantitative estimate of drug-likeness (QED) is 0.709. The maximum Gasteiger partial charge on any atom is 0.164 e. The standard InChI is InChI=1S/C12H16FNO/c1-9-8-10(13)4-5-11(9)12(15)6-7-14(2)3/h4-5,8H,6-7H2,1-3H3. The Kier molecular flexibility index (Phi) is 3.97. The van der Waals surface area contributed by atoms with Gasteiger partial charge >= 0.3 is 0 Å². The average molecular weight is 209 g/mol. The van der Waals surface area contributed by atoms with E-state index in [1.54, 1.807) is 13.0 Å². The van der Waals surface area contributed by atoms with Crippen molar-refractivity contribution in [2.75, 3.05) is 20.6 Å². The van der Waals surface area contributed by atoms with Crippen LogP contribution in [0.4, 0.5) is 4.39 Å². The third kappa shape index (κ3) is 3.44. The van der Waals surface area contributed by atoms with Crippen molar-refractivity contribution in [3.8, 4) is 0 Å². The van der Waals surface area contributed by atoms with Gasteiger partial charge in [0.05, 0.1) is 0 Å². The van der Waals surface area contributed by atoms with Crippen molar-refractivity contribution in [3.05, 3.63) is 35.1 Å². The van der Waals surface area contributed by atoms with E-state index >= 15 is 0 Å². The van der Waals surface area contributed by atoms with Crippen LogP contribution in [0.15, 0.2) is 18.2 Å². The van der Waals surface area contributed by atoms with Crippen molar-refractivity contribution in [1.82, 2.24) is 4.90 Å². The number of halogens is 1. The molecule has 0 fully saturated rings. The minimum atomic E-state index is -0.295. The highest BCUT2D eigenvalue weighted by molar-refractivity contribution is 5.97. The summed E-state index contributed by atoms with van der Waals surface area (Å²) in [7, 11) is 3.84.